The van der Waals surface area contributed by atoms with Crippen molar-refractivity contribution in [2.45, 2.75) is 44.6 Å². The number of hydrogen-bond acceptors (Lipinski definition) is 3. The van der Waals surface area contributed by atoms with Crippen LogP contribution < -0.4 is 5.32 Å². The van der Waals surface area contributed by atoms with E-state index in [9.17, 15) is 4.79 Å². The minimum Gasteiger partial charge on any atom is -0.310 e. The largest absolute Gasteiger partial charge is 0.310 e. The Morgan fingerprint density at radius 3 is 2.68 bits per heavy atom. The van der Waals surface area contributed by atoms with Gasteiger partial charge in [0.15, 0.2) is 0 Å². The van der Waals surface area contributed by atoms with Gasteiger partial charge in [-0.2, -0.15) is 16.9 Å². The first-order valence-electron chi connectivity index (χ1n) is 9.71. The Morgan fingerprint density at radius 2 is 1.93 bits per heavy atom. The van der Waals surface area contributed by atoms with Crippen molar-refractivity contribution in [3.05, 3.63) is 76.5 Å². The molecule has 5 heteroatoms. The summed E-state index contributed by atoms with van der Waals surface area (Å²) in [5.41, 5.74) is 6.71. The number of benzene rings is 2. The molecule has 1 amide bonds. The predicted molar refractivity (Wildman–Crippen MR) is 116 cm³/mol. The minimum absolute atomic E-state index is 0.0276. The van der Waals surface area contributed by atoms with Crippen LogP contribution in [0.4, 0.5) is 5.82 Å². The molecule has 0 radical (unpaired) electrons. The molecule has 0 fully saturated rings. The van der Waals surface area contributed by atoms with Gasteiger partial charge in [-0.15, -0.1) is 0 Å². The van der Waals surface area contributed by atoms with E-state index in [0.29, 0.717) is 0 Å². The highest BCUT2D eigenvalue weighted by Crippen LogP contribution is 2.37. The van der Waals surface area contributed by atoms with E-state index in [1.807, 2.05) is 52.8 Å². The number of fused-ring (bicyclic) bond motifs is 1. The van der Waals surface area contributed by atoms with E-state index in [4.69, 9.17) is 5.10 Å². The zero-order valence-corrected chi connectivity index (χ0v) is 17.3. The number of rotatable bonds is 5. The van der Waals surface area contributed by atoms with Crippen LogP contribution in [0.25, 0.3) is 5.69 Å². The number of aromatic nitrogens is 2. The van der Waals surface area contributed by atoms with E-state index in [0.717, 1.165) is 46.3 Å². The van der Waals surface area contributed by atoms with Crippen molar-refractivity contribution in [2.75, 3.05) is 5.32 Å². The van der Waals surface area contributed by atoms with E-state index in [1.165, 1.54) is 11.1 Å². The lowest BCUT2D eigenvalue weighted by Gasteiger charge is -2.18. The summed E-state index contributed by atoms with van der Waals surface area (Å²) in [5.74, 6) is 2.46. The van der Waals surface area contributed by atoms with Gasteiger partial charge in [-0.3, -0.25) is 4.79 Å². The Kier molecular flexibility index (Phi) is 5.27. The quantitative estimate of drug-likeness (QED) is 0.636. The fourth-order valence-electron chi connectivity index (χ4n) is 3.74. The number of hydrogen-bond donors (Lipinski definition) is 1. The molecular formula is C23H25N3OS. The third-order valence-electron chi connectivity index (χ3n) is 5.52. The van der Waals surface area contributed by atoms with Gasteiger partial charge >= 0.3 is 0 Å². The van der Waals surface area contributed by atoms with E-state index >= 15 is 0 Å². The first-order valence-corrected chi connectivity index (χ1v) is 10.9. The second kappa shape index (κ2) is 7.84. The van der Waals surface area contributed by atoms with Crippen molar-refractivity contribution in [3.8, 4) is 5.69 Å². The molecule has 0 spiro atoms. The molecule has 144 valence electrons. The summed E-state index contributed by atoms with van der Waals surface area (Å²) in [7, 11) is 0. The Morgan fingerprint density at radius 1 is 1.14 bits per heavy atom. The predicted octanol–water partition coefficient (Wildman–Crippen LogP) is 5.37. The minimum atomic E-state index is -0.173. The van der Waals surface area contributed by atoms with Crippen molar-refractivity contribution < 1.29 is 4.79 Å². The summed E-state index contributed by atoms with van der Waals surface area (Å²) in [4.78, 5) is 13.2. The molecule has 1 N–H and O–H groups in total. The summed E-state index contributed by atoms with van der Waals surface area (Å²) in [6.07, 6.45) is 0.754. The van der Waals surface area contributed by atoms with Crippen molar-refractivity contribution in [1.29, 1.82) is 0 Å². The van der Waals surface area contributed by atoms with Gasteiger partial charge in [0.2, 0.25) is 5.91 Å². The highest BCUT2D eigenvalue weighted by Gasteiger charge is 2.27. The summed E-state index contributed by atoms with van der Waals surface area (Å²) in [6.45, 7) is 6.27. The van der Waals surface area contributed by atoms with Gasteiger partial charge in [0.1, 0.15) is 5.82 Å². The SMILES string of the molecule is CC[C@H](C(=O)Nc1c2c(nn1-c1cccc(C)c1C)CSC2)c1ccccc1. The monoisotopic (exact) mass is 391 g/mol. The fraction of sp³-hybridized carbons (Fsp3) is 0.304. The molecule has 0 saturated heterocycles. The molecule has 4 rings (SSSR count). The standard InChI is InChI=1S/C23H25N3OS/c1-4-18(17-10-6-5-7-11-17)23(27)24-22-19-13-28-14-20(19)25-26(22)21-12-8-9-15(2)16(21)3/h5-12,18H,4,13-14H2,1-3H3,(H,24,27)/t18-/m0/s1. The lowest BCUT2D eigenvalue weighted by molar-refractivity contribution is -0.117. The molecule has 2 aromatic carbocycles. The first kappa shape index (κ1) is 18.8. The van der Waals surface area contributed by atoms with Crippen LogP contribution in [0.2, 0.25) is 0 Å². The molecule has 1 aromatic heterocycles. The van der Waals surface area contributed by atoms with Gasteiger partial charge in [0, 0.05) is 17.1 Å². The van der Waals surface area contributed by atoms with Gasteiger partial charge in [0.25, 0.3) is 0 Å². The maximum atomic E-state index is 13.2. The van der Waals surface area contributed by atoms with Crippen LogP contribution in [-0.4, -0.2) is 15.7 Å². The zero-order chi connectivity index (χ0) is 19.7. The summed E-state index contributed by atoms with van der Waals surface area (Å²) in [5, 5.41) is 8.09. The van der Waals surface area contributed by atoms with Gasteiger partial charge < -0.3 is 5.32 Å². The molecule has 1 aliphatic rings. The van der Waals surface area contributed by atoms with Crippen LogP contribution >= 0.6 is 11.8 Å². The van der Waals surface area contributed by atoms with E-state index in [1.54, 1.807) is 0 Å². The number of anilines is 1. The Labute approximate surface area is 170 Å². The molecule has 0 unspecified atom stereocenters. The normalized spacial score (nSPS) is 14.0. The van der Waals surface area contributed by atoms with E-state index < -0.39 is 0 Å². The average molecular weight is 392 g/mol. The third-order valence-corrected chi connectivity index (χ3v) is 6.49. The lowest BCUT2D eigenvalue weighted by atomic mass is 9.95. The highest BCUT2D eigenvalue weighted by atomic mass is 32.2. The number of amides is 1. The van der Waals surface area contributed by atoms with Gasteiger partial charge in [-0.1, -0.05) is 49.4 Å². The molecule has 0 bridgehead atoms. The van der Waals surface area contributed by atoms with Crippen molar-refractivity contribution in [2.24, 2.45) is 0 Å². The number of carbonyl (C=O) groups is 1. The molecule has 0 saturated carbocycles. The summed E-state index contributed by atoms with van der Waals surface area (Å²) < 4.78 is 1.93. The number of nitrogens with zero attached hydrogens (tertiary/aromatic N) is 2. The Hall–Kier alpha value is -2.53. The molecule has 1 atom stereocenters. The van der Waals surface area contributed by atoms with Gasteiger partial charge in [0.05, 0.1) is 17.3 Å². The molecule has 1 aliphatic heterocycles. The second-order valence-electron chi connectivity index (χ2n) is 7.26. The van der Waals surface area contributed by atoms with Crippen molar-refractivity contribution in [1.82, 2.24) is 9.78 Å². The van der Waals surface area contributed by atoms with Crippen LogP contribution in [0.5, 0.6) is 0 Å². The van der Waals surface area contributed by atoms with E-state index in [2.05, 4.69) is 38.2 Å². The Balaban J connectivity index is 1.73. The number of carbonyl (C=O) groups excluding carboxylic acids is 1. The van der Waals surface area contributed by atoms with Crippen LogP contribution in [0.1, 0.15) is 47.2 Å². The molecule has 28 heavy (non-hydrogen) atoms. The van der Waals surface area contributed by atoms with Crippen molar-refractivity contribution >= 4 is 23.5 Å². The smallest absolute Gasteiger partial charge is 0.233 e. The number of aryl methyl sites for hydroxylation is 1. The molecule has 4 nitrogen and oxygen atoms in total. The summed E-state index contributed by atoms with van der Waals surface area (Å²) in [6, 6.07) is 16.2. The highest BCUT2D eigenvalue weighted by molar-refractivity contribution is 7.98. The third kappa shape index (κ3) is 3.35. The lowest BCUT2D eigenvalue weighted by Crippen LogP contribution is -2.23. The molecule has 2 heterocycles. The zero-order valence-electron chi connectivity index (χ0n) is 16.5. The fourth-order valence-corrected chi connectivity index (χ4v) is 4.78. The Bertz CT molecular complexity index is 1010. The van der Waals surface area contributed by atoms with Gasteiger partial charge in [-0.05, 0) is 43.0 Å². The molecule has 0 aliphatic carbocycles. The number of nitrogens with one attached hydrogen (secondary N) is 1. The topological polar surface area (TPSA) is 46.9 Å². The van der Waals surface area contributed by atoms with Crippen LogP contribution in [-0.2, 0) is 16.3 Å². The molecule has 3 aromatic rings. The second-order valence-corrected chi connectivity index (χ2v) is 8.24. The van der Waals surface area contributed by atoms with Crippen LogP contribution in [0.15, 0.2) is 48.5 Å². The average Bonchev–Trinajstić information content (AvgIpc) is 3.28. The number of thioether (sulfide) groups is 1. The maximum Gasteiger partial charge on any atom is 0.233 e. The summed E-state index contributed by atoms with van der Waals surface area (Å²) >= 11 is 1.85. The van der Waals surface area contributed by atoms with Crippen LogP contribution in [0, 0.1) is 13.8 Å². The van der Waals surface area contributed by atoms with Crippen LogP contribution in [0.3, 0.4) is 0 Å². The van der Waals surface area contributed by atoms with Crippen molar-refractivity contribution in [3.63, 3.8) is 0 Å². The first-order chi connectivity index (χ1) is 13.6. The van der Waals surface area contributed by atoms with Gasteiger partial charge in [-0.25, -0.2) is 4.68 Å². The molecular weight excluding hydrogens is 366 g/mol. The maximum absolute atomic E-state index is 13.2. The van der Waals surface area contributed by atoms with E-state index in [-0.39, 0.29) is 11.8 Å².